The van der Waals surface area contributed by atoms with Crippen molar-refractivity contribution in [3.05, 3.63) is 29.8 Å². The second-order valence-corrected chi connectivity index (χ2v) is 4.94. The van der Waals surface area contributed by atoms with Gasteiger partial charge in [-0.05, 0) is 52.2 Å². The van der Waals surface area contributed by atoms with Crippen molar-refractivity contribution in [2.24, 2.45) is 0 Å². The van der Waals surface area contributed by atoms with Gasteiger partial charge in [-0.25, -0.2) is 4.79 Å². The number of aromatic carboxylic acids is 1. The fourth-order valence-corrected chi connectivity index (χ4v) is 1.21. The molecule has 4 heteroatoms. The van der Waals surface area contributed by atoms with E-state index in [2.05, 4.69) is 24.1 Å². The molecule has 0 aliphatic rings. The van der Waals surface area contributed by atoms with Gasteiger partial charge in [-0.15, -0.1) is 0 Å². The predicted molar refractivity (Wildman–Crippen MR) is 69.7 cm³/mol. The van der Waals surface area contributed by atoms with E-state index in [1.165, 1.54) is 0 Å². The van der Waals surface area contributed by atoms with E-state index in [-0.39, 0.29) is 5.54 Å². The molecule has 0 saturated heterocycles. The molecule has 0 aromatic heterocycles. The molecular formula is C13H20N2O2. The number of anilines is 1. The molecular weight excluding hydrogens is 216 g/mol. The summed E-state index contributed by atoms with van der Waals surface area (Å²) in [6.45, 7) is 5.09. The molecule has 4 nitrogen and oxygen atoms in total. The van der Waals surface area contributed by atoms with Crippen molar-refractivity contribution in [2.45, 2.75) is 19.4 Å². The molecule has 1 aromatic rings. The van der Waals surface area contributed by atoms with E-state index in [4.69, 9.17) is 5.11 Å². The number of rotatable bonds is 5. The van der Waals surface area contributed by atoms with Crippen LogP contribution < -0.4 is 5.32 Å². The van der Waals surface area contributed by atoms with Crippen LogP contribution in [0.5, 0.6) is 0 Å². The number of carboxylic acids is 1. The van der Waals surface area contributed by atoms with Crippen molar-refractivity contribution >= 4 is 11.7 Å². The van der Waals surface area contributed by atoms with Crippen LogP contribution >= 0.6 is 0 Å². The Balaban J connectivity index is 2.62. The van der Waals surface area contributed by atoms with Gasteiger partial charge in [0, 0.05) is 17.8 Å². The topological polar surface area (TPSA) is 52.6 Å². The minimum Gasteiger partial charge on any atom is -0.478 e. The maximum Gasteiger partial charge on any atom is 0.335 e. The molecule has 0 spiro atoms. The number of nitrogens with one attached hydrogen (secondary N) is 1. The number of hydrogen-bond acceptors (Lipinski definition) is 3. The molecule has 0 aliphatic heterocycles. The van der Waals surface area contributed by atoms with Gasteiger partial charge >= 0.3 is 5.97 Å². The Labute approximate surface area is 102 Å². The van der Waals surface area contributed by atoms with E-state index >= 15 is 0 Å². The maximum absolute atomic E-state index is 10.7. The maximum atomic E-state index is 10.7. The Morgan fingerprint density at radius 3 is 2.24 bits per heavy atom. The van der Waals surface area contributed by atoms with Crippen molar-refractivity contribution in [1.29, 1.82) is 0 Å². The molecule has 1 aromatic carbocycles. The predicted octanol–water partition coefficient (Wildman–Crippen LogP) is 2.14. The van der Waals surface area contributed by atoms with Gasteiger partial charge in [0.2, 0.25) is 0 Å². The molecule has 0 bridgehead atoms. The molecule has 0 amide bonds. The molecule has 1 rings (SSSR count). The first kappa shape index (κ1) is 13.5. The molecule has 0 saturated carbocycles. The van der Waals surface area contributed by atoms with Crippen LogP contribution in [0.2, 0.25) is 0 Å². The van der Waals surface area contributed by atoms with Crippen molar-refractivity contribution in [2.75, 3.05) is 26.0 Å². The van der Waals surface area contributed by atoms with Crippen molar-refractivity contribution < 1.29 is 9.90 Å². The summed E-state index contributed by atoms with van der Waals surface area (Å²) in [6, 6.07) is 6.78. The number of benzene rings is 1. The van der Waals surface area contributed by atoms with E-state index in [1.54, 1.807) is 24.3 Å². The minimum absolute atomic E-state index is 0.0471. The smallest absolute Gasteiger partial charge is 0.335 e. The van der Waals surface area contributed by atoms with Crippen LogP contribution in [-0.4, -0.2) is 42.2 Å². The van der Waals surface area contributed by atoms with E-state index in [9.17, 15) is 4.79 Å². The van der Waals surface area contributed by atoms with Crippen LogP contribution in [0.4, 0.5) is 5.69 Å². The lowest BCUT2D eigenvalue weighted by Gasteiger charge is -2.33. The summed E-state index contributed by atoms with van der Waals surface area (Å²) in [5.74, 6) is -0.898. The summed E-state index contributed by atoms with van der Waals surface area (Å²) in [5.41, 5.74) is 1.29. The SMILES string of the molecule is CN(C)C(C)(C)CNc1ccc(C(=O)O)cc1. The lowest BCUT2D eigenvalue weighted by atomic mass is 10.0. The number of carbonyl (C=O) groups is 1. The molecule has 0 atom stereocenters. The Kier molecular flexibility index (Phi) is 4.12. The average molecular weight is 236 g/mol. The summed E-state index contributed by atoms with van der Waals surface area (Å²) in [6.07, 6.45) is 0. The number of likely N-dealkylation sites (N-methyl/N-ethyl adjacent to an activating group) is 1. The van der Waals surface area contributed by atoms with Gasteiger partial charge < -0.3 is 15.3 Å². The summed E-state index contributed by atoms with van der Waals surface area (Å²) in [4.78, 5) is 12.8. The van der Waals surface area contributed by atoms with Gasteiger partial charge in [0.05, 0.1) is 5.56 Å². The summed E-state index contributed by atoms with van der Waals surface area (Å²) in [7, 11) is 4.07. The van der Waals surface area contributed by atoms with E-state index in [1.807, 2.05) is 14.1 Å². The van der Waals surface area contributed by atoms with Gasteiger partial charge in [0.25, 0.3) is 0 Å². The number of hydrogen-bond donors (Lipinski definition) is 2. The third kappa shape index (κ3) is 3.75. The van der Waals surface area contributed by atoms with Gasteiger partial charge in [0.1, 0.15) is 0 Å². The van der Waals surface area contributed by atoms with Gasteiger partial charge in [-0.2, -0.15) is 0 Å². The van der Waals surface area contributed by atoms with Gasteiger partial charge in [-0.3, -0.25) is 0 Å². The largest absolute Gasteiger partial charge is 0.478 e. The lowest BCUT2D eigenvalue weighted by Crippen LogP contribution is -2.44. The molecule has 0 unspecified atom stereocenters. The second kappa shape index (κ2) is 5.19. The molecule has 0 radical (unpaired) electrons. The van der Waals surface area contributed by atoms with Crippen molar-refractivity contribution in [1.82, 2.24) is 4.90 Å². The highest BCUT2D eigenvalue weighted by Crippen LogP contribution is 2.14. The van der Waals surface area contributed by atoms with Crippen LogP contribution in [0.3, 0.4) is 0 Å². The van der Waals surface area contributed by atoms with Gasteiger partial charge in [0.15, 0.2) is 0 Å². The molecule has 17 heavy (non-hydrogen) atoms. The molecule has 0 aliphatic carbocycles. The molecule has 0 fully saturated rings. The Bertz CT molecular complexity index is 383. The zero-order valence-corrected chi connectivity index (χ0v) is 10.8. The lowest BCUT2D eigenvalue weighted by molar-refractivity contribution is 0.0697. The van der Waals surface area contributed by atoms with Crippen LogP contribution in [0.1, 0.15) is 24.2 Å². The van der Waals surface area contributed by atoms with E-state index in [0.29, 0.717) is 5.56 Å². The van der Waals surface area contributed by atoms with E-state index in [0.717, 1.165) is 12.2 Å². The Hall–Kier alpha value is -1.55. The number of nitrogens with zero attached hydrogens (tertiary/aromatic N) is 1. The Morgan fingerprint density at radius 2 is 1.82 bits per heavy atom. The number of carboxylic acid groups (broad SMARTS) is 1. The minimum atomic E-state index is -0.898. The zero-order chi connectivity index (χ0) is 13.1. The fraction of sp³-hybridized carbons (Fsp3) is 0.462. The summed E-state index contributed by atoms with van der Waals surface area (Å²) in [5, 5.41) is 12.1. The molecule has 94 valence electrons. The first-order chi connectivity index (χ1) is 7.83. The second-order valence-electron chi connectivity index (χ2n) is 4.94. The fourth-order valence-electron chi connectivity index (χ4n) is 1.21. The van der Waals surface area contributed by atoms with Crippen molar-refractivity contribution in [3.63, 3.8) is 0 Å². The normalized spacial score (nSPS) is 11.6. The first-order valence-corrected chi connectivity index (χ1v) is 5.57. The standard InChI is InChI=1S/C13H20N2O2/c1-13(2,15(3)4)9-14-11-7-5-10(6-8-11)12(16)17/h5-8,14H,9H2,1-4H3,(H,16,17). The quantitative estimate of drug-likeness (QED) is 0.822. The molecule has 2 N–H and O–H groups in total. The first-order valence-electron chi connectivity index (χ1n) is 5.57. The summed E-state index contributed by atoms with van der Waals surface area (Å²) >= 11 is 0. The highest BCUT2D eigenvalue weighted by molar-refractivity contribution is 5.87. The van der Waals surface area contributed by atoms with Crippen LogP contribution in [-0.2, 0) is 0 Å². The summed E-state index contributed by atoms with van der Waals surface area (Å²) < 4.78 is 0. The highest BCUT2D eigenvalue weighted by atomic mass is 16.4. The third-order valence-corrected chi connectivity index (χ3v) is 3.07. The molecule has 0 heterocycles. The monoisotopic (exact) mass is 236 g/mol. The van der Waals surface area contributed by atoms with Crippen molar-refractivity contribution in [3.8, 4) is 0 Å². The third-order valence-electron chi connectivity index (χ3n) is 3.07. The van der Waals surface area contributed by atoms with Crippen LogP contribution in [0.25, 0.3) is 0 Å². The van der Waals surface area contributed by atoms with Crippen LogP contribution in [0.15, 0.2) is 24.3 Å². The van der Waals surface area contributed by atoms with Crippen LogP contribution in [0, 0.1) is 0 Å². The Morgan fingerprint density at radius 1 is 1.29 bits per heavy atom. The average Bonchev–Trinajstić information content (AvgIpc) is 2.27. The van der Waals surface area contributed by atoms with Gasteiger partial charge in [-0.1, -0.05) is 0 Å². The zero-order valence-electron chi connectivity index (χ0n) is 10.8. The highest BCUT2D eigenvalue weighted by Gasteiger charge is 2.19. The van der Waals surface area contributed by atoms with E-state index < -0.39 is 5.97 Å².